The van der Waals surface area contributed by atoms with Crippen LogP contribution in [0.5, 0.6) is 0 Å². The van der Waals surface area contributed by atoms with Crippen LogP contribution < -0.4 is 11.1 Å². The highest BCUT2D eigenvalue weighted by molar-refractivity contribution is 5.97. The SMILES string of the molecule is CN(C)CCn1ccc(NC(=O)C2(N)CCCC2)n1.Cl.Cl. The van der Waals surface area contributed by atoms with E-state index in [2.05, 4.69) is 15.3 Å². The van der Waals surface area contributed by atoms with E-state index in [1.165, 1.54) is 0 Å². The van der Waals surface area contributed by atoms with Gasteiger partial charge in [0.15, 0.2) is 5.82 Å². The summed E-state index contributed by atoms with van der Waals surface area (Å²) in [6.45, 7) is 1.71. The molecule has 1 heterocycles. The number of halogens is 2. The molecule has 0 aromatic carbocycles. The van der Waals surface area contributed by atoms with Crippen LogP contribution in [0.3, 0.4) is 0 Å². The first-order chi connectivity index (χ1) is 8.99. The molecule has 0 radical (unpaired) electrons. The first-order valence-electron chi connectivity index (χ1n) is 6.78. The summed E-state index contributed by atoms with van der Waals surface area (Å²) in [7, 11) is 4.04. The normalized spacial score (nSPS) is 16.2. The molecular weight excluding hydrogens is 313 g/mol. The standard InChI is InChI=1S/C13H23N5O.2ClH/c1-17(2)9-10-18-8-5-11(16-18)15-12(19)13(14)6-3-4-7-13;;/h5,8H,3-4,6-7,9-10,14H2,1-2H3,(H,15,16,19);2*1H. The zero-order valence-corrected chi connectivity index (χ0v) is 14.2. The van der Waals surface area contributed by atoms with Crippen molar-refractivity contribution < 1.29 is 4.79 Å². The van der Waals surface area contributed by atoms with Crippen LogP contribution in [0, 0.1) is 0 Å². The monoisotopic (exact) mass is 337 g/mol. The highest BCUT2D eigenvalue weighted by Gasteiger charge is 2.37. The third-order valence-electron chi connectivity index (χ3n) is 3.61. The first kappa shape index (κ1) is 20.2. The third-order valence-corrected chi connectivity index (χ3v) is 3.61. The topological polar surface area (TPSA) is 76.2 Å². The molecule has 3 N–H and O–H groups in total. The number of carbonyl (C=O) groups excluding carboxylic acids is 1. The predicted molar refractivity (Wildman–Crippen MR) is 89.3 cm³/mol. The van der Waals surface area contributed by atoms with Gasteiger partial charge in [0.2, 0.25) is 5.91 Å². The van der Waals surface area contributed by atoms with Gasteiger partial charge < -0.3 is 16.0 Å². The Morgan fingerprint density at radius 3 is 2.62 bits per heavy atom. The number of nitrogens with zero attached hydrogens (tertiary/aromatic N) is 3. The van der Waals surface area contributed by atoms with Crippen molar-refractivity contribution in [3.8, 4) is 0 Å². The minimum Gasteiger partial charge on any atom is -0.317 e. The van der Waals surface area contributed by atoms with Crippen molar-refractivity contribution in [3.63, 3.8) is 0 Å². The summed E-state index contributed by atoms with van der Waals surface area (Å²) in [6.07, 6.45) is 5.46. The number of amides is 1. The molecule has 0 aliphatic heterocycles. The number of hydrogen-bond acceptors (Lipinski definition) is 4. The Morgan fingerprint density at radius 1 is 1.43 bits per heavy atom. The van der Waals surface area contributed by atoms with Crippen molar-refractivity contribution >= 4 is 36.5 Å². The lowest BCUT2D eigenvalue weighted by Gasteiger charge is -2.21. The fourth-order valence-corrected chi connectivity index (χ4v) is 2.33. The van der Waals surface area contributed by atoms with E-state index in [0.29, 0.717) is 5.82 Å². The summed E-state index contributed by atoms with van der Waals surface area (Å²) in [5.41, 5.74) is 5.40. The van der Waals surface area contributed by atoms with E-state index in [4.69, 9.17) is 5.73 Å². The molecule has 0 atom stereocenters. The third kappa shape index (κ3) is 5.47. The fourth-order valence-electron chi connectivity index (χ4n) is 2.33. The Kier molecular flexibility index (Phi) is 8.25. The van der Waals surface area contributed by atoms with Gasteiger partial charge in [-0.15, -0.1) is 24.8 Å². The fraction of sp³-hybridized carbons (Fsp3) is 0.692. The molecule has 0 bridgehead atoms. The highest BCUT2D eigenvalue weighted by Crippen LogP contribution is 2.28. The molecule has 1 aromatic rings. The van der Waals surface area contributed by atoms with Crippen LogP contribution in [0.25, 0.3) is 0 Å². The van der Waals surface area contributed by atoms with Crippen molar-refractivity contribution in [2.75, 3.05) is 26.0 Å². The van der Waals surface area contributed by atoms with Crippen molar-refractivity contribution in [1.29, 1.82) is 0 Å². The predicted octanol–water partition coefficient (Wildman–Crippen LogP) is 1.50. The summed E-state index contributed by atoms with van der Waals surface area (Å²) in [5.74, 6) is 0.475. The quantitative estimate of drug-likeness (QED) is 0.853. The van der Waals surface area contributed by atoms with Crippen LogP contribution in [0.4, 0.5) is 5.82 Å². The lowest BCUT2D eigenvalue weighted by Crippen LogP contribution is -2.48. The lowest BCUT2D eigenvalue weighted by atomic mass is 9.98. The summed E-state index contributed by atoms with van der Waals surface area (Å²) < 4.78 is 1.83. The van der Waals surface area contributed by atoms with Gasteiger partial charge in [-0.05, 0) is 26.9 Å². The number of anilines is 1. The Bertz CT molecular complexity index is 444. The second-order valence-corrected chi connectivity index (χ2v) is 5.58. The van der Waals surface area contributed by atoms with E-state index in [-0.39, 0.29) is 30.7 Å². The van der Waals surface area contributed by atoms with E-state index >= 15 is 0 Å². The number of rotatable bonds is 5. The van der Waals surface area contributed by atoms with Crippen LogP contribution in [0.1, 0.15) is 25.7 Å². The largest absolute Gasteiger partial charge is 0.317 e. The van der Waals surface area contributed by atoms with Crippen molar-refractivity contribution in [1.82, 2.24) is 14.7 Å². The van der Waals surface area contributed by atoms with Crippen LogP contribution in [-0.2, 0) is 11.3 Å². The van der Waals surface area contributed by atoms with Crippen molar-refractivity contribution in [2.24, 2.45) is 5.73 Å². The summed E-state index contributed by atoms with van der Waals surface area (Å²) in [6, 6.07) is 1.81. The molecule has 1 amide bonds. The van der Waals surface area contributed by atoms with E-state index in [1.54, 1.807) is 0 Å². The Labute approximate surface area is 138 Å². The van der Waals surface area contributed by atoms with E-state index < -0.39 is 5.54 Å². The molecule has 0 unspecified atom stereocenters. The second kappa shape index (κ2) is 8.58. The molecule has 1 fully saturated rings. The molecule has 0 spiro atoms. The number of hydrogen-bond donors (Lipinski definition) is 2. The van der Waals surface area contributed by atoms with Crippen LogP contribution in [-0.4, -0.2) is 46.8 Å². The molecule has 1 aromatic heterocycles. The number of nitrogens with two attached hydrogens (primary N) is 1. The lowest BCUT2D eigenvalue weighted by molar-refractivity contribution is -0.121. The molecule has 2 rings (SSSR count). The van der Waals surface area contributed by atoms with Crippen LogP contribution in [0.15, 0.2) is 12.3 Å². The van der Waals surface area contributed by atoms with Crippen LogP contribution >= 0.6 is 24.8 Å². The number of likely N-dealkylation sites (N-methyl/N-ethyl adjacent to an activating group) is 1. The van der Waals surface area contributed by atoms with Gasteiger partial charge in [0.1, 0.15) is 0 Å². The van der Waals surface area contributed by atoms with E-state index in [1.807, 2.05) is 31.0 Å². The smallest absolute Gasteiger partial charge is 0.245 e. The van der Waals surface area contributed by atoms with Gasteiger partial charge in [0.05, 0.1) is 12.1 Å². The minimum atomic E-state index is -0.701. The molecule has 1 saturated carbocycles. The van der Waals surface area contributed by atoms with Gasteiger partial charge in [0.25, 0.3) is 0 Å². The first-order valence-corrected chi connectivity index (χ1v) is 6.78. The maximum absolute atomic E-state index is 12.1. The zero-order valence-electron chi connectivity index (χ0n) is 12.5. The molecule has 21 heavy (non-hydrogen) atoms. The average Bonchev–Trinajstić information content (AvgIpc) is 2.97. The van der Waals surface area contributed by atoms with Crippen LogP contribution in [0.2, 0.25) is 0 Å². The molecule has 122 valence electrons. The van der Waals surface area contributed by atoms with Gasteiger partial charge in [-0.25, -0.2) is 0 Å². The molecule has 1 aliphatic carbocycles. The second-order valence-electron chi connectivity index (χ2n) is 5.58. The van der Waals surface area contributed by atoms with Gasteiger partial charge in [-0.3, -0.25) is 9.48 Å². The van der Waals surface area contributed by atoms with Gasteiger partial charge >= 0.3 is 0 Å². The molecular formula is C13H25Cl2N5O. The molecule has 1 aliphatic rings. The van der Waals surface area contributed by atoms with E-state index in [9.17, 15) is 4.79 Å². The Morgan fingerprint density at radius 2 is 2.05 bits per heavy atom. The van der Waals surface area contributed by atoms with Gasteiger partial charge in [-0.2, -0.15) is 5.10 Å². The van der Waals surface area contributed by atoms with E-state index in [0.717, 1.165) is 38.8 Å². The number of carbonyl (C=O) groups is 1. The molecule has 0 saturated heterocycles. The summed E-state index contributed by atoms with van der Waals surface area (Å²) in [5, 5.41) is 7.15. The molecule has 8 heteroatoms. The van der Waals surface area contributed by atoms with Gasteiger partial charge in [0, 0.05) is 18.8 Å². The maximum Gasteiger partial charge on any atom is 0.245 e. The minimum absolute atomic E-state index is 0. The van der Waals surface area contributed by atoms with Crippen molar-refractivity contribution in [2.45, 2.75) is 37.8 Å². The van der Waals surface area contributed by atoms with Gasteiger partial charge in [-0.1, -0.05) is 12.8 Å². The zero-order chi connectivity index (χ0) is 13.9. The number of aromatic nitrogens is 2. The molecule has 6 nitrogen and oxygen atoms in total. The summed E-state index contributed by atoms with van der Waals surface area (Å²) in [4.78, 5) is 14.2. The Balaban J connectivity index is 0.00000200. The highest BCUT2D eigenvalue weighted by atomic mass is 35.5. The summed E-state index contributed by atoms with van der Waals surface area (Å²) >= 11 is 0. The average molecular weight is 338 g/mol. The maximum atomic E-state index is 12.1. The number of nitrogens with one attached hydrogen (secondary N) is 1. The Hall–Kier alpha value is -0.820. The van der Waals surface area contributed by atoms with Crippen molar-refractivity contribution in [3.05, 3.63) is 12.3 Å².